The average molecular weight is 1490 g/mol. The van der Waals surface area contributed by atoms with E-state index in [-0.39, 0.29) is 38.9 Å². The standard InChI is InChI=1S/C95H142N2O11/c1-7-10-13-16-19-20-21-22-23-24-27-45-58-88(102-71-83-60-64-85(99-5)65-61-83)91(103-75-84-62-66-86(100-6)67-63-84)87(96-90(98)59-46-29-28-36-49-78(4)97(68-47-30-25-17-14-11-8-2)69-48-31-26-18-15-12-9-3)76-107-95-94(106-74-82-56-43-35-44-57-82)93(105-73-81-54-41-34-42-55-81)92(104-72-80-52-39-33-40-53-80)89(108-95)77-101-70-79-50-37-32-38-51-79/h32-35,37-44,50-57,60-67,78,87-89,91-95H,7-31,36,45-49,58-59,68-77H2,1-6H3,(H,96,98)/t78?,87-,88+,89+,91-,92-,93-,94+,95-/m0/s1. The summed E-state index contributed by atoms with van der Waals surface area (Å²) in [5, 5.41) is 3.60. The van der Waals surface area contributed by atoms with Gasteiger partial charge in [-0.25, -0.2) is 0 Å². The van der Waals surface area contributed by atoms with Crippen LogP contribution in [0.1, 0.15) is 273 Å². The van der Waals surface area contributed by atoms with Gasteiger partial charge < -0.3 is 57.6 Å². The SMILES string of the molecule is CCCCCCCCCCCCCC[C@@H](OCc1ccc(OC)cc1)[C@@H](OCc1ccc(OC)cc1)[C@H](CO[C@H]1O[C@H](COCc2ccccc2)[C@H](OCc2ccccc2)[C@H](OCc2ccccc2)[C@H]1OCc1ccccc1)NC(=O)CCCCCCC(C)N(CCCCCCCCC)CCCCCCCCC. The summed E-state index contributed by atoms with van der Waals surface area (Å²) in [5.74, 6) is 1.48. The van der Waals surface area contributed by atoms with Crippen LogP contribution in [-0.4, -0.2) is 106 Å². The van der Waals surface area contributed by atoms with Crippen molar-refractivity contribution in [1.29, 1.82) is 0 Å². The van der Waals surface area contributed by atoms with Crippen LogP contribution < -0.4 is 14.8 Å². The Morgan fingerprint density at radius 2 is 0.778 bits per heavy atom. The van der Waals surface area contributed by atoms with Crippen molar-refractivity contribution >= 4 is 5.91 Å². The molecule has 1 amide bonds. The van der Waals surface area contributed by atoms with E-state index >= 15 is 4.79 Å². The molecule has 1 saturated heterocycles. The van der Waals surface area contributed by atoms with E-state index in [0.29, 0.717) is 38.7 Å². The fourth-order valence-corrected chi connectivity index (χ4v) is 14.8. The van der Waals surface area contributed by atoms with Crippen LogP contribution in [0.2, 0.25) is 0 Å². The third kappa shape index (κ3) is 36.9. The zero-order chi connectivity index (χ0) is 76.0. The molecule has 1 N–H and O–H groups in total. The molecule has 6 aromatic rings. The van der Waals surface area contributed by atoms with Crippen LogP contribution in [-0.2, 0) is 82.3 Å². The highest BCUT2D eigenvalue weighted by Gasteiger charge is 2.50. The maximum absolute atomic E-state index is 15.2. The van der Waals surface area contributed by atoms with Gasteiger partial charge in [0.15, 0.2) is 6.29 Å². The highest BCUT2D eigenvalue weighted by atomic mass is 16.7. The first kappa shape index (κ1) is 89.2. The van der Waals surface area contributed by atoms with Crippen LogP contribution in [0.15, 0.2) is 170 Å². The van der Waals surface area contributed by atoms with Gasteiger partial charge in [-0.05, 0) is 110 Å². The Morgan fingerprint density at radius 3 is 1.23 bits per heavy atom. The Bertz CT molecular complexity index is 3070. The molecule has 108 heavy (non-hydrogen) atoms. The van der Waals surface area contributed by atoms with E-state index in [9.17, 15) is 0 Å². The van der Waals surface area contributed by atoms with Crippen molar-refractivity contribution in [3.8, 4) is 11.5 Å². The largest absolute Gasteiger partial charge is 0.497 e. The number of carbonyl (C=O) groups excluding carboxylic acids is 1. The van der Waals surface area contributed by atoms with Gasteiger partial charge in [-0.15, -0.1) is 0 Å². The summed E-state index contributed by atoms with van der Waals surface area (Å²) in [6.07, 6.45) is 34.4. The number of hydrogen-bond donors (Lipinski definition) is 1. The first-order chi connectivity index (χ1) is 53.3. The van der Waals surface area contributed by atoms with Crippen molar-refractivity contribution in [2.75, 3.05) is 40.5 Å². The number of amides is 1. The fourth-order valence-electron chi connectivity index (χ4n) is 14.8. The molecule has 1 unspecified atom stereocenters. The molecule has 13 heteroatoms. The molecule has 1 aliphatic heterocycles. The van der Waals surface area contributed by atoms with Gasteiger partial charge in [0.25, 0.3) is 0 Å². The van der Waals surface area contributed by atoms with E-state index in [2.05, 4.69) is 98.6 Å². The van der Waals surface area contributed by atoms with Gasteiger partial charge in [-0.2, -0.15) is 0 Å². The van der Waals surface area contributed by atoms with Crippen LogP contribution in [0.4, 0.5) is 0 Å². The molecule has 6 aromatic carbocycles. The highest BCUT2D eigenvalue weighted by molar-refractivity contribution is 5.76. The van der Waals surface area contributed by atoms with Gasteiger partial charge in [0.1, 0.15) is 42.0 Å². The van der Waals surface area contributed by atoms with Gasteiger partial charge in [0.05, 0.1) is 79.2 Å². The maximum atomic E-state index is 15.2. The van der Waals surface area contributed by atoms with Crippen LogP contribution in [0, 0.1) is 0 Å². The second-order valence-electron chi connectivity index (χ2n) is 30.4. The Labute approximate surface area is 654 Å². The summed E-state index contributed by atoms with van der Waals surface area (Å²) in [7, 11) is 3.37. The van der Waals surface area contributed by atoms with Crippen LogP contribution in [0.25, 0.3) is 0 Å². The fraction of sp³-hybridized carbons (Fsp3) is 0.611. The molecular weight excluding hydrogens is 1350 g/mol. The lowest BCUT2D eigenvalue weighted by Crippen LogP contribution is -2.62. The third-order valence-electron chi connectivity index (χ3n) is 21.5. The summed E-state index contributed by atoms with van der Waals surface area (Å²) < 4.78 is 68.8. The van der Waals surface area contributed by atoms with Crippen molar-refractivity contribution in [1.82, 2.24) is 10.2 Å². The van der Waals surface area contributed by atoms with Crippen molar-refractivity contribution in [3.63, 3.8) is 0 Å². The van der Waals surface area contributed by atoms with Crippen molar-refractivity contribution in [3.05, 3.63) is 203 Å². The summed E-state index contributed by atoms with van der Waals surface area (Å²) >= 11 is 0. The molecule has 1 fully saturated rings. The second-order valence-corrected chi connectivity index (χ2v) is 30.4. The molecule has 13 nitrogen and oxygen atoms in total. The van der Waals surface area contributed by atoms with E-state index in [1.54, 1.807) is 14.2 Å². The molecule has 598 valence electrons. The van der Waals surface area contributed by atoms with E-state index < -0.39 is 49.0 Å². The Balaban J connectivity index is 1.20. The van der Waals surface area contributed by atoms with E-state index in [1.807, 2.05) is 109 Å². The second kappa shape index (κ2) is 57.1. The lowest BCUT2D eigenvalue weighted by Gasteiger charge is -2.46. The zero-order valence-corrected chi connectivity index (χ0v) is 67.7. The van der Waals surface area contributed by atoms with Crippen molar-refractivity contribution < 1.29 is 52.2 Å². The number of hydrogen-bond acceptors (Lipinski definition) is 12. The molecule has 7 rings (SSSR count). The Morgan fingerprint density at radius 1 is 0.398 bits per heavy atom. The number of carbonyl (C=O) groups is 1. The van der Waals surface area contributed by atoms with Crippen molar-refractivity contribution in [2.45, 2.75) is 334 Å². The first-order valence-corrected chi connectivity index (χ1v) is 42.6. The molecule has 9 atom stereocenters. The van der Waals surface area contributed by atoms with Gasteiger partial charge >= 0.3 is 0 Å². The Hall–Kier alpha value is -5.97. The minimum absolute atomic E-state index is 0.0135. The van der Waals surface area contributed by atoms with Gasteiger partial charge in [0, 0.05) is 12.5 Å². The third-order valence-corrected chi connectivity index (χ3v) is 21.5. The number of methoxy groups -OCH3 is 2. The normalized spacial score (nSPS) is 17.0. The minimum atomic E-state index is -1.04. The summed E-state index contributed by atoms with van der Waals surface area (Å²) in [4.78, 5) is 18.0. The number of rotatable bonds is 64. The number of unbranched alkanes of at least 4 members (excludes halogenated alkanes) is 26. The highest BCUT2D eigenvalue weighted by Crippen LogP contribution is 2.34. The zero-order valence-electron chi connectivity index (χ0n) is 67.7. The molecule has 0 radical (unpaired) electrons. The van der Waals surface area contributed by atoms with Crippen LogP contribution >= 0.6 is 0 Å². The molecule has 1 heterocycles. The Kier molecular flexibility index (Phi) is 47.2. The van der Waals surface area contributed by atoms with Gasteiger partial charge in [0.2, 0.25) is 5.91 Å². The van der Waals surface area contributed by atoms with Gasteiger partial charge in [-0.3, -0.25) is 4.79 Å². The molecule has 0 bridgehead atoms. The average Bonchev–Trinajstić information content (AvgIpc) is 0.787. The van der Waals surface area contributed by atoms with E-state index in [4.69, 9.17) is 47.4 Å². The van der Waals surface area contributed by atoms with Crippen LogP contribution in [0.5, 0.6) is 11.5 Å². The topological polar surface area (TPSA) is 125 Å². The molecule has 0 aromatic heterocycles. The molecule has 0 aliphatic carbocycles. The first-order valence-electron chi connectivity index (χ1n) is 42.6. The predicted octanol–water partition coefficient (Wildman–Crippen LogP) is 23.0. The number of nitrogens with zero attached hydrogens (tertiary/aromatic N) is 1. The number of benzene rings is 6. The lowest BCUT2D eigenvalue weighted by atomic mass is 9.97. The van der Waals surface area contributed by atoms with Crippen LogP contribution in [0.3, 0.4) is 0 Å². The summed E-state index contributed by atoms with van der Waals surface area (Å²) in [5.41, 5.74) is 5.99. The summed E-state index contributed by atoms with van der Waals surface area (Å²) in [6.45, 7) is 13.6. The van der Waals surface area contributed by atoms with E-state index in [0.717, 1.165) is 89.8 Å². The summed E-state index contributed by atoms with van der Waals surface area (Å²) in [6, 6.07) is 56.7. The van der Waals surface area contributed by atoms with Crippen molar-refractivity contribution in [2.24, 2.45) is 0 Å². The smallest absolute Gasteiger partial charge is 0.220 e. The van der Waals surface area contributed by atoms with E-state index in [1.165, 1.54) is 167 Å². The minimum Gasteiger partial charge on any atom is -0.497 e. The molecule has 0 spiro atoms. The number of nitrogens with one attached hydrogen (secondary N) is 1. The molecular formula is C95H142N2O11. The number of ether oxygens (including phenoxy) is 10. The molecule has 0 saturated carbocycles. The quantitative estimate of drug-likeness (QED) is 0.0366. The lowest BCUT2D eigenvalue weighted by molar-refractivity contribution is -0.330. The predicted molar refractivity (Wildman–Crippen MR) is 441 cm³/mol. The van der Waals surface area contributed by atoms with Gasteiger partial charge in [-0.1, -0.05) is 340 Å². The molecule has 1 aliphatic rings. The monoisotopic (exact) mass is 1490 g/mol. The maximum Gasteiger partial charge on any atom is 0.220 e.